The molecule has 0 aromatic heterocycles. The molecule has 0 spiro atoms. The Balaban J connectivity index is 0.00000196. The monoisotopic (exact) mass is 444 g/mol. The van der Waals surface area contributed by atoms with E-state index in [9.17, 15) is 0 Å². The zero-order valence-corrected chi connectivity index (χ0v) is 18.1. The van der Waals surface area contributed by atoms with Crippen molar-refractivity contribution in [1.29, 1.82) is 0 Å². The molecule has 156 valence electrons. The van der Waals surface area contributed by atoms with E-state index < -0.39 is 0 Å². The molecule has 1 saturated heterocycles. The summed E-state index contributed by atoms with van der Waals surface area (Å²) in [6.45, 7) is 6.20. The van der Waals surface area contributed by atoms with Crippen molar-refractivity contribution in [3.63, 3.8) is 0 Å². The van der Waals surface area contributed by atoms with Crippen LogP contribution in [0.4, 0.5) is 0 Å². The SMILES string of the molecule is OCCOCCN1CCN(C(c2ccccc2)c2ccc(Cl)cc2)CC1.[Cl-].[Cl-]. The lowest BCUT2D eigenvalue weighted by Crippen LogP contribution is -3.00. The van der Waals surface area contributed by atoms with Crippen LogP contribution >= 0.6 is 11.6 Å². The Bertz CT molecular complexity index is 650. The summed E-state index contributed by atoms with van der Waals surface area (Å²) in [4.78, 5) is 4.97. The minimum absolute atomic E-state index is 0. The van der Waals surface area contributed by atoms with E-state index in [1.54, 1.807) is 0 Å². The maximum atomic E-state index is 8.78. The molecule has 1 aliphatic heterocycles. The third kappa shape index (κ3) is 7.20. The zero-order chi connectivity index (χ0) is 18.2. The zero-order valence-electron chi connectivity index (χ0n) is 15.8. The maximum absolute atomic E-state index is 8.78. The van der Waals surface area contributed by atoms with Gasteiger partial charge < -0.3 is 34.7 Å². The predicted molar refractivity (Wildman–Crippen MR) is 106 cm³/mol. The maximum Gasteiger partial charge on any atom is 0.0698 e. The minimum atomic E-state index is 0. The molecule has 1 heterocycles. The second-order valence-corrected chi connectivity index (χ2v) is 7.01. The Morgan fingerprint density at radius 2 is 1.46 bits per heavy atom. The number of hydrogen-bond donors (Lipinski definition) is 1. The largest absolute Gasteiger partial charge is 1.00 e. The van der Waals surface area contributed by atoms with Crippen molar-refractivity contribution in [2.24, 2.45) is 0 Å². The summed E-state index contributed by atoms with van der Waals surface area (Å²) in [6, 6.07) is 19.1. The molecule has 0 saturated carbocycles. The fourth-order valence-corrected chi connectivity index (χ4v) is 3.63. The second-order valence-electron chi connectivity index (χ2n) is 6.58. The van der Waals surface area contributed by atoms with E-state index in [0.29, 0.717) is 13.2 Å². The first-order valence-corrected chi connectivity index (χ1v) is 9.61. The van der Waals surface area contributed by atoms with Gasteiger partial charge in [-0.3, -0.25) is 9.80 Å². The normalized spacial score (nSPS) is 16.1. The van der Waals surface area contributed by atoms with Gasteiger partial charge in [-0.25, -0.2) is 0 Å². The van der Waals surface area contributed by atoms with Crippen LogP contribution in [0, 0.1) is 0 Å². The summed E-state index contributed by atoms with van der Waals surface area (Å²) in [6.07, 6.45) is 0. The lowest BCUT2D eigenvalue weighted by Gasteiger charge is -2.39. The van der Waals surface area contributed by atoms with Gasteiger partial charge in [-0.2, -0.15) is 0 Å². The van der Waals surface area contributed by atoms with Crippen molar-refractivity contribution in [1.82, 2.24) is 9.80 Å². The average Bonchev–Trinajstić information content (AvgIpc) is 2.69. The van der Waals surface area contributed by atoms with Gasteiger partial charge in [0.05, 0.1) is 25.9 Å². The Kier molecular flexibility index (Phi) is 12.0. The third-order valence-corrected chi connectivity index (χ3v) is 5.11. The summed E-state index contributed by atoms with van der Waals surface area (Å²) < 4.78 is 5.39. The highest BCUT2D eigenvalue weighted by Crippen LogP contribution is 2.30. The van der Waals surface area contributed by atoms with Crippen molar-refractivity contribution in [3.05, 3.63) is 70.7 Å². The first-order valence-electron chi connectivity index (χ1n) is 9.23. The van der Waals surface area contributed by atoms with Crippen LogP contribution in [0.1, 0.15) is 17.2 Å². The molecule has 1 N–H and O–H groups in total. The van der Waals surface area contributed by atoms with E-state index in [1.807, 2.05) is 12.1 Å². The lowest BCUT2D eigenvalue weighted by molar-refractivity contribution is -0.001000. The minimum Gasteiger partial charge on any atom is -1.00 e. The van der Waals surface area contributed by atoms with Gasteiger partial charge in [-0.15, -0.1) is 0 Å². The Labute approximate surface area is 185 Å². The standard InChI is InChI=1S/C21H27ClN2O2.2ClH/c22-20-8-6-19(7-9-20)21(18-4-2-1-3-5-18)24-12-10-23(11-13-24)14-16-26-17-15-25;;/h1-9,21,25H,10-17H2;2*1H/p-2. The number of aliphatic hydroxyl groups excluding tert-OH is 1. The molecule has 0 bridgehead atoms. The number of nitrogens with zero attached hydrogens (tertiary/aromatic N) is 2. The van der Waals surface area contributed by atoms with E-state index >= 15 is 0 Å². The Hall–Kier alpha value is -0.850. The van der Waals surface area contributed by atoms with Crippen LogP contribution in [0.25, 0.3) is 0 Å². The highest BCUT2D eigenvalue weighted by molar-refractivity contribution is 6.30. The number of benzene rings is 2. The van der Waals surface area contributed by atoms with Crippen LogP contribution in [0.3, 0.4) is 0 Å². The predicted octanol–water partition coefficient (Wildman–Crippen LogP) is -2.94. The van der Waals surface area contributed by atoms with E-state index in [0.717, 1.165) is 37.7 Å². The molecular weight excluding hydrogens is 419 g/mol. The highest BCUT2D eigenvalue weighted by atomic mass is 35.5. The molecule has 1 fully saturated rings. The van der Waals surface area contributed by atoms with Gasteiger partial charge in [0.25, 0.3) is 0 Å². The Morgan fingerprint density at radius 3 is 2.07 bits per heavy atom. The van der Waals surface area contributed by atoms with Crippen LogP contribution in [0.15, 0.2) is 54.6 Å². The molecule has 3 rings (SSSR count). The molecule has 28 heavy (non-hydrogen) atoms. The van der Waals surface area contributed by atoms with E-state index in [1.165, 1.54) is 11.1 Å². The van der Waals surface area contributed by atoms with E-state index in [-0.39, 0.29) is 37.5 Å². The van der Waals surface area contributed by atoms with Gasteiger partial charge in [0.15, 0.2) is 0 Å². The molecule has 7 heteroatoms. The van der Waals surface area contributed by atoms with Crippen LogP contribution in [0.2, 0.25) is 5.02 Å². The van der Waals surface area contributed by atoms with Gasteiger partial charge in [0.1, 0.15) is 0 Å². The summed E-state index contributed by atoms with van der Waals surface area (Å²) in [5.74, 6) is 0. The quantitative estimate of drug-likeness (QED) is 0.441. The molecule has 1 atom stereocenters. The number of ether oxygens (including phenoxy) is 1. The van der Waals surface area contributed by atoms with Crippen LogP contribution in [-0.2, 0) is 4.74 Å². The average molecular weight is 446 g/mol. The number of halogens is 3. The van der Waals surface area contributed by atoms with Crippen LogP contribution in [-0.4, -0.2) is 67.5 Å². The van der Waals surface area contributed by atoms with Crippen molar-refractivity contribution >= 4 is 11.6 Å². The molecule has 1 aliphatic rings. The summed E-state index contributed by atoms with van der Waals surface area (Å²) in [7, 11) is 0. The summed E-state index contributed by atoms with van der Waals surface area (Å²) >= 11 is 6.09. The summed E-state index contributed by atoms with van der Waals surface area (Å²) in [5.41, 5.74) is 2.59. The van der Waals surface area contributed by atoms with Crippen molar-refractivity contribution in [2.45, 2.75) is 6.04 Å². The highest BCUT2D eigenvalue weighted by Gasteiger charge is 2.26. The van der Waals surface area contributed by atoms with Crippen LogP contribution < -0.4 is 24.8 Å². The number of rotatable bonds is 8. The molecule has 0 radical (unpaired) electrons. The van der Waals surface area contributed by atoms with Crippen molar-refractivity contribution in [3.8, 4) is 0 Å². The third-order valence-electron chi connectivity index (χ3n) is 4.86. The van der Waals surface area contributed by atoms with Gasteiger partial charge in [0, 0.05) is 37.7 Å². The molecule has 0 amide bonds. The molecule has 2 aromatic carbocycles. The van der Waals surface area contributed by atoms with Crippen LogP contribution in [0.5, 0.6) is 0 Å². The lowest BCUT2D eigenvalue weighted by atomic mass is 9.96. The molecular formula is C21H27Cl3N2O2-2. The number of aliphatic hydroxyl groups is 1. The molecule has 0 aliphatic carbocycles. The van der Waals surface area contributed by atoms with E-state index in [2.05, 4.69) is 52.3 Å². The van der Waals surface area contributed by atoms with Gasteiger partial charge in [-0.1, -0.05) is 54.1 Å². The van der Waals surface area contributed by atoms with Gasteiger partial charge in [0.2, 0.25) is 0 Å². The van der Waals surface area contributed by atoms with E-state index in [4.69, 9.17) is 21.4 Å². The fourth-order valence-electron chi connectivity index (χ4n) is 3.50. The number of piperazine rings is 1. The number of hydrogen-bond acceptors (Lipinski definition) is 4. The second kappa shape index (κ2) is 13.4. The summed E-state index contributed by atoms with van der Waals surface area (Å²) in [5, 5.41) is 9.55. The van der Waals surface area contributed by atoms with Gasteiger partial charge in [-0.05, 0) is 23.3 Å². The topological polar surface area (TPSA) is 35.9 Å². The van der Waals surface area contributed by atoms with Crippen molar-refractivity contribution < 1.29 is 34.7 Å². The fraction of sp³-hybridized carbons (Fsp3) is 0.429. The molecule has 4 nitrogen and oxygen atoms in total. The molecule has 2 aromatic rings. The first kappa shape index (κ1) is 25.2. The Morgan fingerprint density at radius 1 is 0.857 bits per heavy atom. The van der Waals surface area contributed by atoms with Crippen molar-refractivity contribution in [2.75, 3.05) is 52.5 Å². The molecule has 1 unspecified atom stereocenters. The first-order chi connectivity index (χ1) is 12.8. The van der Waals surface area contributed by atoms with Gasteiger partial charge >= 0.3 is 0 Å². The smallest absolute Gasteiger partial charge is 0.0698 e.